The summed E-state index contributed by atoms with van der Waals surface area (Å²) in [4.78, 5) is 29.9. The number of hydrogen-bond donors (Lipinski definition) is 0. The van der Waals surface area contributed by atoms with E-state index in [2.05, 4.69) is 13.8 Å². The van der Waals surface area contributed by atoms with Gasteiger partial charge in [0.25, 0.3) is 11.8 Å². The normalized spacial score (nSPS) is 13.8. The number of likely N-dealkylation sites (N-methyl/N-ethyl adjacent to an activating group) is 1. The van der Waals surface area contributed by atoms with Gasteiger partial charge < -0.3 is 9.64 Å². The van der Waals surface area contributed by atoms with E-state index in [1.807, 2.05) is 30.3 Å². The number of imide groups is 1. The molecular weight excluding hydrogens is 419 g/mol. The molecule has 6 heteroatoms. The summed E-state index contributed by atoms with van der Waals surface area (Å²) >= 11 is 0. The van der Waals surface area contributed by atoms with Crippen LogP contribution in [-0.4, -0.2) is 25.5 Å². The van der Waals surface area contributed by atoms with Gasteiger partial charge in [0.2, 0.25) is 0 Å². The maximum atomic E-state index is 13.5. The van der Waals surface area contributed by atoms with Gasteiger partial charge in [-0.15, -0.1) is 0 Å². The fourth-order valence-corrected chi connectivity index (χ4v) is 3.68. The molecule has 0 radical (unpaired) electrons. The largest absolute Gasteiger partial charge is 0.493 e. The standard InChI is InChI=1S/C27H25FN2O3/c1-18(2)17-33-23-15-9-19(10-16-23)24-25(29(3)21-7-5-4-6-8-21)27(32)30(26(24)31)22-13-11-20(28)12-14-22/h4-16,18H,17H2,1-3H3. The van der Waals surface area contributed by atoms with Crippen LogP contribution in [0.2, 0.25) is 0 Å². The number of hydrogen-bond acceptors (Lipinski definition) is 4. The fraction of sp³-hybridized carbons (Fsp3) is 0.185. The zero-order chi connectivity index (χ0) is 23.5. The number of rotatable bonds is 7. The molecule has 3 aromatic carbocycles. The second-order valence-electron chi connectivity index (χ2n) is 8.27. The first-order valence-electron chi connectivity index (χ1n) is 10.8. The lowest BCUT2D eigenvalue weighted by atomic mass is 10.0. The van der Waals surface area contributed by atoms with E-state index in [9.17, 15) is 14.0 Å². The van der Waals surface area contributed by atoms with E-state index in [4.69, 9.17) is 4.74 Å². The Balaban J connectivity index is 1.77. The van der Waals surface area contributed by atoms with Gasteiger partial charge in [0.1, 0.15) is 17.3 Å². The van der Waals surface area contributed by atoms with Crippen LogP contribution in [-0.2, 0) is 9.59 Å². The van der Waals surface area contributed by atoms with E-state index in [0.717, 1.165) is 10.6 Å². The third-order valence-corrected chi connectivity index (χ3v) is 5.35. The van der Waals surface area contributed by atoms with Crippen LogP contribution in [0.4, 0.5) is 15.8 Å². The first kappa shape index (κ1) is 22.3. The lowest BCUT2D eigenvalue weighted by molar-refractivity contribution is -0.120. The number of para-hydroxylation sites is 1. The zero-order valence-corrected chi connectivity index (χ0v) is 18.8. The minimum Gasteiger partial charge on any atom is -0.493 e. The van der Waals surface area contributed by atoms with Gasteiger partial charge in [-0.25, -0.2) is 9.29 Å². The maximum absolute atomic E-state index is 13.5. The third-order valence-electron chi connectivity index (χ3n) is 5.35. The third kappa shape index (κ3) is 4.51. The van der Waals surface area contributed by atoms with Gasteiger partial charge in [0.15, 0.2) is 0 Å². The molecule has 0 N–H and O–H groups in total. The van der Waals surface area contributed by atoms with Crippen LogP contribution in [0.1, 0.15) is 19.4 Å². The molecule has 1 aliphatic heterocycles. The fourth-order valence-electron chi connectivity index (χ4n) is 3.68. The number of carbonyl (C=O) groups excluding carboxylic acids is 2. The molecule has 2 amide bonds. The predicted molar refractivity (Wildman–Crippen MR) is 127 cm³/mol. The molecule has 4 rings (SSSR count). The van der Waals surface area contributed by atoms with Crippen molar-refractivity contribution in [1.82, 2.24) is 0 Å². The number of anilines is 2. The van der Waals surface area contributed by atoms with E-state index in [1.165, 1.54) is 24.3 Å². The zero-order valence-electron chi connectivity index (χ0n) is 18.8. The van der Waals surface area contributed by atoms with E-state index in [-0.39, 0.29) is 11.3 Å². The minimum atomic E-state index is -0.465. The number of benzene rings is 3. The van der Waals surface area contributed by atoms with Gasteiger partial charge >= 0.3 is 0 Å². The predicted octanol–water partition coefficient (Wildman–Crippen LogP) is 5.28. The van der Waals surface area contributed by atoms with Crippen molar-refractivity contribution < 1.29 is 18.7 Å². The maximum Gasteiger partial charge on any atom is 0.282 e. The summed E-state index contributed by atoms with van der Waals surface area (Å²) in [6, 6.07) is 21.8. The SMILES string of the molecule is CC(C)COc1ccc(C2=C(N(C)c3ccccc3)C(=O)N(c3ccc(F)cc3)C2=O)cc1. The number of nitrogens with zero attached hydrogens (tertiary/aromatic N) is 2. The molecule has 0 fully saturated rings. The molecule has 0 unspecified atom stereocenters. The number of ether oxygens (including phenoxy) is 1. The molecule has 1 heterocycles. The van der Waals surface area contributed by atoms with Gasteiger partial charge in [0, 0.05) is 12.7 Å². The highest BCUT2D eigenvalue weighted by atomic mass is 19.1. The summed E-state index contributed by atoms with van der Waals surface area (Å²) in [5.74, 6) is -0.284. The lowest BCUT2D eigenvalue weighted by Crippen LogP contribution is -2.34. The number of amides is 2. The van der Waals surface area contributed by atoms with Crippen molar-refractivity contribution in [2.75, 3.05) is 23.5 Å². The molecule has 0 spiro atoms. The van der Waals surface area contributed by atoms with Crippen LogP contribution in [0, 0.1) is 11.7 Å². The second-order valence-corrected chi connectivity index (χ2v) is 8.27. The Kier molecular flexibility index (Phi) is 6.27. The summed E-state index contributed by atoms with van der Waals surface area (Å²) in [5, 5.41) is 0. The molecular formula is C27H25FN2O3. The van der Waals surface area contributed by atoms with Gasteiger partial charge in [-0.1, -0.05) is 44.2 Å². The quantitative estimate of drug-likeness (QED) is 0.465. The molecule has 0 aromatic heterocycles. The van der Waals surface area contributed by atoms with E-state index in [1.54, 1.807) is 36.2 Å². The molecule has 33 heavy (non-hydrogen) atoms. The Morgan fingerprint density at radius 1 is 0.879 bits per heavy atom. The Bertz CT molecular complexity index is 1190. The van der Waals surface area contributed by atoms with Crippen LogP contribution < -0.4 is 14.5 Å². The Morgan fingerprint density at radius 3 is 2.12 bits per heavy atom. The van der Waals surface area contributed by atoms with Crippen LogP contribution in [0.25, 0.3) is 5.57 Å². The first-order chi connectivity index (χ1) is 15.9. The van der Waals surface area contributed by atoms with Crippen LogP contribution >= 0.6 is 0 Å². The Hall–Kier alpha value is -3.93. The minimum absolute atomic E-state index is 0.256. The molecule has 0 saturated carbocycles. The molecule has 0 aliphatic carbocycles. The van der Waals surface area contributed by atoms with Gasteiger partial charge in [-0.3, -0.25) is 9.59 Å². The van der Waals surface area contributed by atoms with E-state index >= 15 is 0 Å². The summed E-state index contributed by atoms with van der Waals surface area (Å²) in [7, 11) is 1.75. The highest BCUT2D eigenvalue weighted by Crippen LogP contribution is 2.36. The molecule has 0 bridgehead atoms. The van der Waals surface area contributed by atoms with Crippen molar-refractivity contribution in [1.29, 1.82) is 0 Å². The second kappa shape index (κ2) is 9.28. The van der Waals surface area contributed by atoms with Crippen molar-refractivity contribution in [3.8, 4) is 5.75 Å². The first-order valence-corrected chi connectivity index (χ1v) is 10.8. The smallest absolute Gasteiger partial charge is 0.282 e. The number of halogens is 1. The van der Waals surface area contributed by atoms with Crippen LogP contribution in [0.5, 0.6) is 5.75 Å². The van der Waals surface area contributed by atoms with Crippen molar-refractivity contribution in [2.24, 2.45) is 5.92 Å². The van der Waals surface area contributed by atoms with Gasteiger partial charge in [-0.2, -0.15) is 0 Å². The highest BCUT2D eigenvalue weighted by Gasteiger charge is 2.42. The average Bonchev–Trinajstić information content (AvgIpc) is 3.08. The lowest BCUT2D eigenvalue weighted by Gasteiger charge is -2.21. The Labute approximate surface area is 192 Å². The molecule has 3 aromatic rings. The van der Waals surface area contributed by atoms with Gasteiger partial charge in [-0.05, 0) is 60.0 Å². The highest BCUT2D eigenvalue weighted by molar-refractivity contribution is 6.46. The molecule has 168 valence electrons. The van der Waals surface area contributed by atoms with Gasteiger partial charge in [0.05, 0.1) is 17.9 Å². The summed E-state index contributed by atoms with van der Waals surface area (Å²) < 4.78 is 19.2. The molecule has 0 saturated heterocycles. The Morgan fingerprint density at radius 2 is 1.52 bits per heavy atom. The van der Waals surface area contributed by atoms with Crippen molar-refractivity contribution in [3.63, 3.8) is 0 Å². The van der Waals surface area contributed by atoms with E-state index in [0.29, 0.717) is 29.5 Å². The van der Waals surface area contributed by atoms with Crippen molar-refractivity contribution in [3.05, 3.63) is 95.9 Å². The number of carbonyl (C=O) groups is 2. The monoisotopic (exact) mass is 444 g/mol. The van der Waals surface area contributed by atoms with Crippen LogP contribution in [0.15, 0.2) is 84.6 Å². The summed E-state index contributed by atoms with van der Waals surface area (Å²) in [6.07, 6.45) is 0. The topological polar surface area (TPSA) is 49.9 Å². The van der Waals surface area contributed by atoms with Crippen molar-refractivity contribution >= 4 is 28.8 Å². The molecule has 1 aliphatic rings. The summed E-state index contributed by atoms with van der Waals surface area (Å²) in [5.41, 5.74) is 2.23. The van der Waals surface area contributed by atoms with E-state index < -0.39 is 17.6 Å². The average molecular weight is 445 g/mol. The van der Waals surface area contributed by atoms with Crippen molar-refractivity contribution in [2.45, 2.75) is 13.8 Å². The summed E-state index contributed by atoms with van der Waals surface area (Å²) in [6.45, 7) is 4.72. The molecule has 5 nitrogen and oxygen atoms in total. The van der Waals surface area contributed by atoms with Crippen LogP contribution in [0.3, 0.4) is 0 Å². The molecule has 0 atom stereocenters.